The van der Waals surface area contributed by atoms with Crippen LogP contribution in [0.5, 0.6) is 0 Å². The molecule has 0 aromatic rings. The van der Waals surface area contributed by atoms with Gasteiger partial charge >= 0.3 is 0 Å². The molecule has 5 heteroatoms. The van der Waals surface area contributed by atoms with Gasteiger partial charge in [-0.1, -0.05) is 12.8 Å². The largest absolute Gasteiger partial charge is 0.354 e. The Kier molecular flexibility index (Phi) is 6.36. The second-order valence-electron chi connectivity index (χ2n) is 5.63. The molecule has 1 saturated heterocycles. The summed E-state index contributed by atoms with van der Waals surface area (Å²) in [6, 6.07) is 0. The Morgan fingerprint density at radius 3 is 2.63 bits per heavy atom. The lowest BCUT2D eigenvalue weighted by atomic mass is 10.1. The van der Waals surface area contributed by atoms with E-state index in [1.807, 2.05) is 23.5 Å². The first-order valence-electron chi connectivity index (χ1n) is 7.38. The van der Waals surface area contributed by atoms with Gasteiger partial charge in [0.05, 0.1) is 5.75 Å². The molecule has 1 heterocycles. The molecular formula is C14H26N2OS2. The summed E-state index contributed by atoms with van der Waals surface area (Å²) in [7, 11) is 0. The van der Waals surface area contributed by atoms with E-state index in [9.17, 15) is 4.79 Å². The van der Waals surface area contributed by atoms with Gasteiger partial charge in [-0.2, -0.15) is 11.8 Å². The number of hydrogen-bond donors (Lipinski definition) is 2. The molecular weight excluding hydrogens is 276 g/mol. The predicted molar refractivity (Wildman–Crippen MR) is 86.1 cm³/mol. The quantitative estimate of drug-likeness (QED) is 0.790. The summed E-state index contributed by atoms with van der Waals surface area (Å²) < 4.78 is 0.328. The van der Waals surface area contributed by atoms with Crippen molar-refractivity contribution in [3.8, 4) is 0 Å². The van der Waals surface area contributed by atoms with Crippen LogP contribution in [-0.2, 0) is 4.79 Å². The topological polar surface area (TPSA) is 41.1 Å². The van der Waals surface area contributed by atoms with Gasteiger partial charge in [0, 0.05) is 16.5 Å². The van der Waals surface area contributed by atoms with E-state index in [1.165, 1.54) is 38.5 Å². The summed E-state index contributed by atoms with van der Waals surface area (Å²) in [4.78, 5) is 11.9. The van der Waals surface area contributed by atoms with Gasteiger partial charge in [-0.05, 0) is 45.0 Å². The van der Waals surface area contributed by atoms with Crippen molar-refractivity contribution in [3.05, 3.63) is 0 Å². The SMILES string of the molecule is CSC1(CNC(=O)CSC2CCNCC2)CCCC1. The lowest BCUT2D eigenvalue weighted by molar-refractivity contribution is -0.118. The van der Waals surface area contributed by atoms with Crippen molar-refractivity contribution >= 4 is 29.4 Å². The van der Waals surface area contributed by atoms with E-state index in [0.717, 1.165) is 19.6 Å². The van der Waals surface area contributed by atoms with E-state index in [0.29, 0.717) is 15.7 Å². The van der Waals surface area contributed by atoms with Crippen molar-refractivity contribution in [2.24, 2.45) is 0 Å². The minimum absolute atomic E-state index is 0.226. The van der Waals surface area contributed by atoms with Crippen LogP contribution in [0, 0.1) is 0 Å². The molecule has 0 radical (unpaired) electrons. The lowest BCUT2D eigenvalue weighted by Crippen LogP contribution is -2.39. The molecule has 1 amide bonds. The van der Waals surface area contributed by atoms with Gasteiger partial charge in [0.2, 0.25) is 5.91 Å². The lowest BCUT2D eigenvalue weighted by Gasteiger charge is -2.27. The molecule has 0 unspecified atom stereocenters. The Bertz CT molecular complexity index is 287. The summed E-state index contributed by atoms with van der Waals surface area (Å²) in [6.45, 7) is 3.07. The summed E-state index contributed by atoms with van der Waals surface area (Å²) in [6.07, 6.45) is 9.74. The minimum atomic E-state index is 0.226. The molecule has 110 valence electrons. The van der Waals surface area contributed by atoms with E-state index in [-0.39, 0.29) is 5.91 Å². The fourth-order valence-electron chi connectivity index (χ4n) is 2.94. The molecule has 3 nitrogen and oxygen atoms in total. The third-order valence-corrected chi connectivity index (χ3v) is 7.08. The number of rotatable bonds is 6. The smallest absolute Gasteiger partial charge is 0.230 e. The van der Waals surface area contributed by atoms with Crippen LogP contribution in [0.4, 0.5) is 0 Å². The summed E-state index contributed by atoms with van der Waals surface area (Å²) in [5, 5.41) is 7.19. The zero-order valence-electron chi connectivity index (χ0n) is 11.9. The Hall–Kier alpha value is 0.130. The Labute approximate surface area is 125 Å². The fraction of sp³-hybridized carbons (Fsp3) is 0.929. The number of piperidine rings is 1. The van der Waals surface area contributed by atoms with Crippen LogP contribution in [0.3, 0.4) is 0 Å². The third kappa shape index (κ3) is 4.87. The number of hydrogen-bond acceptors (Lipinski definition) is 4. The molecule has 0 aromatic heterocycles. The third-order valence-electron chi connectivity index (χ3n) is 4.29. The first kappa shape index (κ1) is 15.5. The van der Waals surface area contributed by atoms with Gasteiger partial charge in [-0.25, -0.2) is 0 Å². The highest BCUT2D eigenvalue weighted by molar-refractivity contribution is 8.00. The van der Waals surface area contributed by atoms with E-state index < -0.39 is 0 Å². The van der Waals surface area contributed by atoms with Crippen molar-refractivity contribution in [2.45, 2.75) is 48.5 Å². The highest BCUT2D eigenvalue weighted by Gasteiger charge is 2.33. The van der Waals surface area contributed by atoms with E-state index >= 15 is 0 Å². The molecule has 2 aliphatic rings. The van der Waals surface area contributed by atoms with Gasteiger partial charge in [-0.15, -0.1) is 11.8 Å². The van der Waals surface area contributed by atoms with Gasteiger partial charge in [0.15, 0.2) is 0 Å². The van der Waals surface area contributed by atoms with E-state index in [4.69, 9.17) is 0 Å². The van der Waals surface area contributed by atoms with Crippen LogP contribution >= 0.6 is 23.5 Å². The van der Waals surface area contributed by atoms with Gasteiger partial charge in [-0.3, -0.25) is 4.79 Å². The standard InChI is InChI=1S/C14H26N2OS2/c1-18-14(6-2-3-7-14)11-16-13(17)10-19-12-4-8-15-9-5-12/h12,15H,2-11H2,1H3,(H,16,17). The molecule has 0 atom stereocenters. The molecule has 1 aliphatic heterocycles. The van der Waals surface area contributed by atoms with Crippen LogP contribution in [0.2, 0.25) is 0 Å². The zero-order chi connectivity index (χ0) is 13.6. The number of carbonyl (C=O) groups is 1. The molecule has 0 bridgehead atoms. The maximum Gasteiger partial charge on any atom is 0.230 e. The number of amides is 1. The first-order valence-corrected chi connectivity index (χ1v) is 9.66. The van der Waals surface area contributed by atoms with Crippen LogP contribution in [0.15, 0.2) is 0 Å². The maximum absolute atomic E-state index is 11.9. The second kappa shape index (κ2) is 7.79. The molecule has 2 fully saturated rings. The first-order chi connectivity index (χ1) is 9.24. The maximum atomic E-state index is 11.9. The van der Waals surface area contributed by atoms with Crippen LogP contribution in [-0.4, -0.2) is 47.5 Å². The monoisotopic (exact) mass is 302 g/mol. The van der Waals surface area contributed by atoms with Gasteiger partial charge in [0.25, 0.3) is 0 Å². The minimum Gasteiger partial charge on any atom is -0.354 e. The molecule has 2 N–H and O–H groups in total. The average molecular weight is 303 g/mol. The second-order valence-corrected chi connectivity index (χ2v) is 8.19. The van der Waals surface area contributed by atoms with Crippen molar-refractivity contribution in [1.29, 1.82) is 0 Å². The average Bonchev–Trinajstić information content (AvgIpc) is 2.93. The van der Waals surface area contributed by atoms with Crippen LogP contribution < -0.4 is 10.6 Å². The van der Waals surface area contributed by atoms with Gasteiger partial charge < -0.3 is 10.6 Å². The van der Waals surface area contributed by atoms with Crippen molar-refractivity contribution in [1.82, 2.24) is 10.6 Å². The highest BCUT2D eigenvalue weighted by Crippen LogP contribution is 2.39. The molecule has 1 saturated carbocycles. The Morgan fingerprint density at radius 2 is 2.00 bits per heavy atom. The van der Waals surface area contributed by atoms with Gasteiger partial charge in [0.1, 0.15) is 0 Å². The molecule has 2 rings (SSSR count). The van der Waals surface area contributed by atoms with Crippen molar-refractivity contribution < 1.29 is 4.79 Å². The molecule has 19 heavy (non-hydrogen) atoms. The molecule has 1 aliphatic carbocycles. The number of carbonyl (C=O) groups excluding carboxylic acids is 1. The fourth-order valence-corrected chi connectivity index (χ4v) is 4.91. The molecule has 0 aromatic carbocycles. The summed E-state index contributed by atoms with van der Waals surface area (Å²) in [5.74, 6) is 0.860. The highest BCUT2D eigenvalue weighted by atomic mass is 32.2. The Balaban J connectivity index is 1.63. The van der Waals surface area contributed by atoms with E-state index in [2.05, 4.69) is 16.9 Å². The van der Waals surface area contributed by atoms with Crippen LogP contribution in [0.25, 0.3) is 0 Å². The predicted octanol–water partition coefficient (Wildman–Crippen LogP) is 2.26. The van der Waals surface area contributed by atoms with Crippen LogP contribution in [0.1, 0.15) is 38.5 Å². The number of thioether (sulfide) groups is 2. The molecule has 0 spiro atoms. The summed E-state index contributed by atoms with van der Waals surface area (Å²) in [5.41, 5.74) is 0. The normalized spacial score (nSPS) is 23.4. The summed E-state index contributed by atoms with van der Waals surface area (Å²) >= 11 is 3.77. The van der Waals surface area contributed by atoms with E-state index in [1.54, 1.807) is 0 Å². The van der Waals surface area contributed by atoms with Crippen molar-refractivity contribution in [3.63, 3.8) is 0 Å². The Morgan fingerprint density at radius 1 is 1.32 bits per heavy atom. The zero-order valence-corrected chi connectivity index (χ0v) is 13.5. The number of nitrogens with one attached hydrogen (secondary N) is 2. The van der Waals surface area contributed by atoms with Crippen molar-refractivity contribution in [2.75, 3.05) is 31.6 Å².